The van der Waals surface area contributed by atoms with Crippen LogP contribution in [0.4, 0.5) is 0 Å². The number of hydrogen-bond donors (Lipinski definition) is 0. The van der Waals surface area contributed by atoms with E-state index in [1.807, 2.05) is 6.92 Å². The second-order valence-electron chi connectivity index (χ2n) is 5.73. The lowest BCUT2D eigenvalue weighted by atomic mass is 9.71. The monoisotopic (exact) mass is 268 g/mol. The molecule has 0 aliphatic heterocycles. The minimum absolute atomic E-state index is 0.148. The van der Waals surface area contributed by atoms with Crippen molar-refractivity contribution in [3.63, 3.8) is 0 Å². The number of esters is 2. The highest BCUT2D eigenvalue weighted by Gasteiger charge is 2.57. The molecule has 0 aromatic rings. The summed E-state index contributed by atoms with van der Waals surface area (Å²) >= 11 is 0. The lowest BCUT2D eigenvalue weighted by Crippen LogP contribution is -2.47. The van der Waals surface area contributed by atoms with Gasteiger partial charge in [-0.25, -0.2) is 0 Å². The standard InChI is InChI=1S/C15H24O4/c1-3-18-14(17)15(12-7-4-5-8-12)10-6-9-13(15)19-11(2)16/h12-13H,3-10H2,1-2H3. The average molecular weight is 268 g/mol. The summed E-state index contributed by atoms with van der Waals surface area (Å²) in [7, 11) is 0. The highest BCUT2D eigenvalue weighted by Crippen LogP contribution is 2.52. The van der Waals surface area contributed by atoms with E-state index in [-0.39, 0.29) is 18.0 Å². The Morgan fingerprint density at radius 2 is 1.84 bits per heavy atom. The predicted octanol–water partition coefficient (Wildman–Crippen LogP) is 2.84. The van der Waals surface area contributed by atoms with Gasteiger partial charge < -0.3 is 9.47 Å². The molecular formula is C15H24O4. The van der Waals surface area contributed by atoms with Crippen molar-refractivity contribution in [1.29, 1.82) is 0 Å². The molecule has 0 radical (unpaired) electrons. The van der Waals surface area contributed by atoms with Crippen LogP contribution < -0.4 is 0 Å². The van der Waals surface area contributed by atoms with E-state index in [0.717, 1.165) is 32.1 Å². The molecular weight excluding hydrogens is 244 g/mol. The molecule has 0 saturated heterocycles. The lowest BCUT2D eigenvalue weighted by Gasteiger charge is -2.37. The maximum Gasteiger partial charge on any atom is 0.316 e. The number of ether oxygens (including phenoxy) is 2. The van der Waals surface area contributed by atoms with Gasteiger partial charge in [0.1, 0.15) is 11.5 Å². The van der Waals surface area contributed by atoms with Gasteiger partial charge in [0.25, 0.3) is 0 Å². The van der Waals surface area contributed by atoms with Crippen LogP contribution in [0.15, 0.2) is 0 Å². The SMILES string of the molecule is CCOC(=O)C1(C2CCCC2)CCCC1OC(C)=O. The Labute approximate surface area is 114 Å². The van der Waals surface area contributed by atoms with E-state index in [1.165, 1.54) is 19.8 Å². The molecule has 2 atom stereocenters. The van der Waals surface area contributed by atoms with Gasteiger partial charge in [-0.2, -0.15) is 0 Å². The van der Waals surface area contributed by atoms with E-state index in [9.17, 15) is 9.59 Å². The van der Waals surface area contributed by atoms with E-state index >= 15 is 0 Å². The van der Waals surface area contributed by atoms with Gasteiger partial charge >= 0.3 is 11.9 Å². The van der Waals surface area contributed by atoms with Gasteiger partial charge in [0.05, 0.1) is 6.61 Å². The first-order chi connectivity index (χ1) is 9.11. The summed E-state index contributed by atoms with van der Waals surface area (Å²) in [5.74, 6) is -0.123. The Hall–Kier alpha value is -1.06. The molecule has 0 N–H and O–H groups in total. The zero-order valence-corrected chi connectivity index (χ0v) is 11.9. The van der Waals surface area contributed by atoms with Crippen LogP contribution in [0.25, 0.3) is 0 Å². The van der Waals surface area contributed by atoms with Crippen molar-refractivity contribution in [1.82, 2.24) is 0 Å². The molecule has 2 fully saturated rings. The van der Waals surface area contributed by atoms with Crippen molar-refractivity contribution in [3.8, 4) is 0 Å². The van der Waals surface area contributed by atoms with Gasteiger partial charge in [0, 0.05) is 6.92 Å². The Bertz CT molecular complexity index is 346. The smallest absolute Gasteiger partial charge is 0.316 e. The van der Waals surface area contributed by atoms with Crippen LogP contribution in [-0.2, 0) is 19.1 Å². The fourth-order valence-electron chi connectivity index (χ4n) is 3.94. The van der Waals surface area contributed by atoms with E-state index in [2.05, 4.69) is 0 Å². The third kappa shape index (κ3) is 2.63. The minimum atomic E-state index is -0.571. The van der Waals surface area contributed by atoms with Crippen LogP contribution in [-0.4, -0.2) is 24.6 Å². The second kappa shape index (κ2) is 5.93. The van der Waals surface area contributed by atoms with Crippen LogP contribution in [0.3, 0.4) is 0 Å². The van der Waals surface area contributed by atoms with E-state index in [0.29, 0.717) is 12.5 Å². The molecule has 0 heterocycles. The van der Waals surface area contributed by atoms with Crippen molar-refractivity contribution in [2.75, 3.05) is 6.61 Å². The van der Waals surface area contributed by atoms with E-state index < -0.39 is 5.41 Å². The van der Waals surface area contributed by atoms with Crippen molar-refractivity contribution < 1.29 is 19.1 Å². The number of rotatable bonds is 4. The number of hydrogen-bond acceptors (Lipinski definition) is 4. The van der Waals surface area contributed by atoms with Crippen LogP contribution >= 0.6 is 0 Å². The van der Waals surface area contributed by atoms with E-state index in [4.69, 9.17) is 9.47 Å². The average Bonchev–Trinajstić information content (AvgIpc) is 2.97. The second-order valence-corrected chi connectivity index (χ2v) is 5.73. The third-order valence-corrected chi connectivity index (χ3v) is 4.68. The summed E-state index contributed by atoms with van der Waals surface area (Å²) in [6.07, 6.45) is 6.67. The number of carbonyl (C=O) groups is 2. The van der Waals surface area contributed by atoms with Gasteiger partial charge in [-0.15, -0.1) is 0 Å². The topological polar surface area (TPSA) is 52.6 Å². The lowest BCUT2D eigenvalue weighted by molar-refractivity contribution is -0.174. The number of carbonyl (C=O) groups excluding carboxylic acids is 2. The molecule has 2 rings (SSSR count). The maximum atomic E-state index is 12.5. The summed E-state index contributed by atoms with van der Waals surface area (Å²) in [6.45, 7) is 3.64. The molecule has 0 aromatic heterocycles. The summed E-state index contributed by atoms with van der Waals surface area (Å²) in [5.41, 5.74) is -0.571. The van der Waals surface area contributed by atoms with Gasteiger partial charge in [-0.1, -0.05) is 12.8 Å². The molecule has 2 unspecified atom stereocenters. The van der Waals surface area contributed by atoms with Crippen molar-refractivity contribution >= 4 is 11.9 Å². The third-order valence-electron chi connectivity index (χ3n) is 4.68. The summed E-state index contributed by atoms with van der Waals surface area (Å²) in [6, 6.07) is 0. The molecule has 0 amide bonds. The molecule has 19 heavy (non-hydrogen) atoms. The van der Waals surface area contributed by atoms with Gasteiger partial charge in [-0.05, 0) is 44.9 Å². The fourth-order valence-corrected chi connectivity index (χ4v) is 3.94. The highest BCUT2D eigenvalue weighted by atomic mass is 16.6. The van der Waals surface area contributed by atoms with Gasteiger partial charge in [0.15, 0.2) is 0 Å². The minimum Gasteiger partial charge on any atom is -0.465 e. The zero-order valence-electron chi connectivity index (χ0n) is 11.9. The first-order valence-electron chi connectivity index (χ1n) is 7.45. The maximum absolute atomic E-state index is 12.5. The molecule has 0 aromatic carbocycles. The molecule has 4 heteroatoms. The largest absolute Gasteiger partial charge is 0.465 e. The first-order valence-corrected chi connectivity index (χ1v) is 7.45. The Kier molecular flexibility index (Phi) is 4.48. The quantitative estimate of drug-likeness (QED) is 0.736. The predicted molar refractivity (Wildman–Crippen MR) is 70.4 cm³/mol. The summed E-state index contributed by atoms with van der Waals surface area (Å²) in [4.78, 5) is 23.8. The molecule has 2 saturated carbocycles. The molecule has 4 nitrogen and oxygen atoms in total. The van der Waals surface area contributed by atoms with Crippen LogP contribution in [0, 0.1) is 11.3 Å². The van der Waals surface area contributed by atoms with Crippen LogP contribution in [0.5, 0.6) is 0 Å². The Morgan fingerprint density at radius 1 is 1.16 bits per heavy atom. The van der Waals surface area contributed by atoms with E-state index in [1.54, 1.807) is 0 Å². The molecule has 0 bridgehead atoms. The van der Waals surface area contributed by atoms with Crippen molar-refractivity contribution in [2.24, 2.45) is 11.3 Å². The molecule has 108 valence electrons. The van der Waals surface area contributed by atoms with Crippen molar-refractivity contribution in [3.05, 3.63) is 0 Å². The van der Waals surface area contributed by atoms with Crippen LogP contribution in [0.1, 0.15) is 58.8 Å². The Morgan fingerprint density at radius 3 is 2.42 bits per heavy atom. The molecule has 2 aliphatic carbocycles. The summed E-state index contributed by atoms with van der Waals surface area (Å²) < 4.78 is 10.8. The molecule has 2 aliphatic rings. The zero-order chi connectivity index (χ0) is 13.9. The fraction of sp³-hybridized carbons (Fsp3) is 0.867. The highest BCUT2D eigenvalue weighted by molar-refractivity contribution is 5.79. The van der Waals surface area contributed by atoms with Gasteiger partial charge in [0.2, 0.25) is 0 Å². The normalized spacial score (nSPS) is 31.4. The van der Waals surface area contributed by atoms with Crippen molar-refractivity contribution in [2.45, 2.75) is 64.9 Å². The molecule has 0 spiro atoms. The summed E-state index contributed by atoms with van der Waals surface area (Å²) in [5, 5.41) is 0. The first kappa shape index (κ1) is 14.4. The Balaban J connectivity index is 2.26. The van der Waals surface area contributed by atoms with Gasteiger partial charge in [-0.3, -0.25) is 9.59 Å². The van der Waals surface area contributed by atoms with Crippen LogP contribution in [0.2, 0.25) is 0 Å².